The Hall–Kier alpha value is -1.23. The van der Waals surface area contributed by atoms with E-state index in [1.54, 1.807) is 24.3 Å². The lowest BCUT2D eigenvalue weighted by Gasteiger charge is -2.14. The largest absolute Gasteiger partial charge is 0.294 e. The molecule has 0 saturated carbocycles. The van der Waals surface area contributed by atoms with Crippen LogP contribution in [0.2, 0.25) is 0 Å². The topological polar surface area (TPSA) is 60.2 Å². The van der Waals surface area contributed by atoms with Gasteiger partial charge < -0.3 is 0 Å². The van der Waals surface area contributed by atoms with Gasteiger partial charge in [0.25, 0.3) is 0 Å². The smallest absolute Gasteiger partial charge is 0.217 e. The van der Waals surface area contributed by atoms with Crippen LogP contribution in [-0.2, 0) is 0 Å². The SMILES string of the molecule is CC(C)(CCC(=O)c1ccc(Br)cc1)[N+](=O)[O-]. The highest BCUT2D eigenvalue weighted by Gasteiger charge is 2.31. The zero-order valence-corrected chi connectivity index (χ0v) is 11.4. The molecule has 0 aliphatic heterocycles. The van der Waals surface area contributed by atoms with E-state index in [4.69, 9.17) is 0 Å². The van der Waals surface area contributed by atoms with Crippen LogP contribution in [0.1, 0.15) is 37.0 Å². The fourth-order valence-electron chi connectivity index (χ4n) is 1.29. The van der Waals surface area contributed by atoms with Gasteiger partial charge in [-0.3, -0.25) is 14.9 Å². The summed E-state index contributed by atoms with van der Waals surface area (Å²) in [7, 11) is 0. The van der Waals surface area contributed by atoms with E-state index < -0.39 is 5.54 Å². The first-order chi connectivity index (χ1) is 7.83. The summed E-state index contributed by atoms with van der Waals surface area (Å²) in [5.41, 5.74) is -0.460. The van der Waals surface area contributed by atoms with Crippen LogP contribution in [0.3, 0.4) is 0 Å². The van der Waals surface area contributed by atoms with E-state index in [0.29, 0.717) is 5.56 Å². The highest BCUT2D eigenvalue weighted by atomic mass is 79.9. The van der Waals surface area contributed by atoms with Gasteiger partial charge in [-0.05, 0) is 12.1 Å². The van der Waals surface area contributed by atoms with Crippen LogP contribution >= 0.6 is 15.9 Å². The Kier molecular flexibility index (Phi) is 4.40. The minimum atomic E-state index is -1.05. The first-order valence-corrected chi connectivity index (χ1v) is 6.05. The maximum atomic E-state index is 11.8. The first kappa shape index (κ1) is 13.8. The first-order valence-electron chi connectivity index (χ1n) is 5.26. The van der Waals surface area contributed by atoms with Gasteiger partial charge in [-0.1, -0.05) is 28.1 Å². The third kappa shape index (κ3) is 3.93. The number of benzene rings is 1. The second-order valence-corrected chi connectivity index (χ2v) is 5.42. The summed E-state index contributed by atoms with van der Waals surface area (Å²) in [6, 6.07) is 6.99. The molecule has 0 amide bonds. The Labute approximate surface area is 108 Å². The van der Waals surface area contributed by atoms with Crippen LogP contribution in [0.5, 0.6) is 0 Å². The highest BCUT2D eigenvalue weighted by molar-refractivity contribution is 9.10. The van der Waals surface area contributed by atoms with Crippen molar-refractivity contribution < 1.29 is 9.72 Å². The number of hydrogen-bond donors (Lipinski definition) is 0. The third-order valence-electron chi connectivity index (χ3n) is 2.62. The molecule has 0 heterocycles. The van der Waals surface area contributed by atoms with Crippen molar-refractivity contribution in [2.45, 2.75) is 32.2 Å². The maximum absolute atomic E-state index is 11.8. The molecule has 0 unspecified atom stereocenters. The summed E-state index contributed by atoms with van der Waals surface area (Å²) in [4.78, 5) is 22.1. The molecule has 0 aromatic heterocycles. The van der Waals surface area contributed by atoms with E-state index in [-0.39, 0.29) is 23.5 Å². The van der Waals surface area contributed by atoms with Crippen molar-refractivity contribution in [3.05, 3.63) is 44.4 Å². The maximum Gasteiger partial charge on any atom is 0.217 e. The lowest BCUT2D eigenvalue weighted by Crippen LogP contribution is -2.31. The number of Topliss-reactive ketones (excluding diaryl/α,β-unsaturated/α-hetero) is 1. The standard InChI is InChI=1S/C12H14BrNO3/c1-12(2,14(16)17)8-7-11(15)9-3-5-10(13)6-4-9/h3-6H,7-8H2,1-2H3. The molecule has 0 bridgehead atoms. The Morgan fingerprint density at radius 1 is 1.35 bits per heavy atom. The predicted molar refractivity (Wildman–Crippen MR) is 68.8 cm³/mol. The van der Waals surface area contributed by atoms with Gasteiger partial charge in [0.05, 0.1) is 0 Å². The van der Waals surface area contributed by atoms with Crippen molar-refractivity contribution >= 4 is 21.7 Å². The van der Waals surface area contributed by atoms with Gasteiger partial charge in [-0.25, -0.2) is 0 Å². The average Bonchev–Trinajstić information content (AvgIpc) is 2.27. The molecule has 0 atom stereocenters. The van der Waals surface area contributed by atoms with E-state index in [1.807, 2.05) is 0 Å². The molecule has 92 valence electrons. The van der Waals surface area contributed by atoms with Crippen LogP contribution in [-0.4, -0.2) is 16.2 Å². The monoisotopic (exact) mass is 299 g/mol. The Balaban J connectivity index is 2.62. The van der Waals surface area contributed by atoms with Crippen molar-refractivity contribution in [2.24, 2.45) is 0 Å². The Bertz CT molecular complexity index is 426. The van der Waals surface area contributed by atoms with E-state index >= 15 is 0 Å². The number of halogens is 1. The lowest BCUT2D eigenvalue weighted by atomic mass is 9.95. The molecule has 1 rings (SSSR count). The number of nitro groups is 1. The number of carbonyl (C=O) groups excluding carboxylic acids is 1. The van der Waals surface area contributed by atoms with Gasteiger partial charge >= 0.3 is 0 Å². The van der Waals surface area contributed by atoms with Crippen LogP contribution < -0.4 is 0 Å². The number of rotatable bonds is 5. The van der Waals surface area contributed by atoms with Gasteiger partial charge in [0, 0.05) is 41.6 Å². The summed E-state index contributed by atoms with van der Waals surface area (Å²) in [5.74, 6) is -0.0626. The Morgan fingerprint density at radius 2 is 1.88 bits per heavy atom. The minimum Gasteiger partial charge on any atom is -0.294 e. The number of nitrogens with zero attached hydrogens (tertiary/aromatic N) is 1. The van der Waals surface area contributed by atoms with Gasteiger partial charge in [-0.15, -0.1) is 0 Å². The average molecular weight is 300 g/mol. The van der Waals surface area contributed by atoms with Gasteiger partial charge in [0.1, 0.15) is 0 Å². The molecule has 1 aromatic rings. The van der Waals surface area contributed by atoms with E-state index in [0.717, 1.165) is 4.47 Å². The summed E-state index contributed by atoms with van der Waals surface area (Å²) in [6.07, 6.45) is 0.435. The summed E-state index contributed by atoms with van der Waals surface area (Å²) >= 11 is 3.28. The molecule has 0 radical (unpaired) electrons. The summed E-state index contributed by atoms with van der Waals surface area (Å²) < 4.78 is 0.902. The summed E-state index contributed by atoms with van der Waals surface area (Å²) in [5, 5.41) is 10.7. The number of ketones is 1. The molecule has 0 fully saturated rings. The second-order valence-electron chi connectivity index (χ2n) is 4.50. The fraction of sp³-hybridized carbons (Fsp3) is 0.417. The van der Waals surface area contributed by atoms with Crippen molar-refractivity contribution in [1.29, 1.82) is 0 Å². The highest BCUT2D eigenvalue weighted by Crippen LogP contribution is 2.18. The third-order valence-corrected chi connectivity index (χ3v) is 3.15. The van der Waals surface area contributed by atoms with Crippen molar-refractivity contribution in [1.82, 2.24) is 0 Å². The van der Waals surface area contributed by atoms with Gasteiger partial charge in [0.15, 0.2) is 5.78 Å². The van der Waals surface area contributed by atoms with Crippen molar-refractivity contribution in [2.75, 3.05) is 0 Å². The second kappa shape index (κ2) is 5.40. The molecule has 17 heavy (non-hydrogen) atoms. The molecule has 1 aromatic carbocycles. The molecular weight excluding hydrogens is 286 g/mol. The molecule has 0 saturated heterocycles. The fourth-order valence-corrected chi connectivity index (χ4v) is 1.56. The zero-order chi connectivity index (χ0) is 13.1. The molecule has 0 N–H and O–H groups in total. The van der Waals surface area contributed by atoms with Gasteiger partial charge in [0.2, 0.25) is 5.54 Å². The normalized spacial score (nSPS) is 11.2. The quantitative estimate of drug-likeness (QED) is 0.475. The molecule has 4 nitrogen and oxygen atoms in total. The molecular formula is C12H14BrNO3. The van der Waals surface area contributed by atoms with Gasteiger partial charge in [-0.2, -0.15) is 0 Å². The van der Waals surface area contributed by atoms with Crippen LogP contribution in [0, 0.1) is 10.1 Å². The lowest BCUT2D eigenvalue weighted by molar-refractivity contribution is -0.561. The van der Waals surface area contributed by atoms with Crippen molar-refractivity contribution in [3.63, 3.8) is 0 Å². The predicted octanol–water partition coefficient (Wildman–Crippen LogP) is 3.47. The zero-order valence-electron chi connectivity index (χ0n) is 9.77. The van der Waals surface area contributed by atoms with Crippen LogP contribution in [0.4, 0.5) is 0 Å². The minimum absolute atomic E-state index is 0.0626. The molecule has 0 aliphatic rings. The van der Waals surface area contributed by atoms with Crippen LogP contribution in [0.25, 0.3) is 0 Å². The van der Waals surface area contributed by atoms with E-state index in [2.05, 4.69) is 15.9 Å². The van der Waals surface area contributed by atoms with Crippen LogP contribution in [0.15, 0.2) is 28.7 Å². The molecule has 0 spiro atoms. The molecule has 5 heteroatoms. The van der Waals surface area contributed by atoms with E-state index in [9.17, 15) is 14.9 Å². The number of carbonyl (C=O) groups is 1. The van der Waals surface area contributed by atoms with Crippen molar-refractivity contribution in [3.8, 4) is 0 Å². The number of hydrogen-bond acceptors (Lipinski definition) is 3. The Morgan fingerprint density at radius 3 is 2.35 bits per heavy atom. The molecule has 0 aliphatic carbocycles. The van der Waals surface area contributed by atoms with E-state index in [1.165, 1.54) is 13.8 Å². The summed E-state index contributed by atoms with van der Waals surface area (Å²) in [6.45, 7) is 3.06.